The first-order valence-electron chi connectivity index (χ1n) is 6.86. The lowest BCUT2D eigenvalue weighted by Crippen LogP contribution is -2.08. The molecule has 0 spiro atoms. The molecule has 0 saturated carbocycles. The zero-order chi connectivity index (χ0) is 16.6. The minimum Gasteiger partial charge on any atom is -0.476 e. The standard InChI is InChI=1S/C16H13FN4O2/c1-9-10(2)18-14(11-3-5-12(17)6-4-11)19-15(9)21-8-7-13(20-21)16(22)23/h3-8H,1-2H3,(H,22,23). The quantitative estimate of drug-likeness (QED) is 0.804. The van der Waals surface area contributed by atoms with E-state index in [2.05, 4.69) is 15.1 Å². The number of rotatable bonds is 3. The van der Waals surface area contributed by atoms with Crippen LogP contribution in [0.3, 0.4) is 0 Å². The number of halogens is 1. The van der Waals surface area contributed by atoms with Crippen LogP contribution < -0.4 is 0 Å². The van der Waals surface area contributed by atoms with Gasteiger partial charge in [-0.2, -0.15) is 5.10 Å². The van der Waals surface area contributed by atoms with Crippen LogP contribution in [0.1, 0.15) is 21.7 Å². The molecule has 23 heavy (non-hydrogen) atoms. The van der Waals surface area contributed by atoms with E-state index in [1.807, 2.05) is 13.8 Å². The molecule has 0 bridgehead atoms. The van der Waals surface area contributed by atoms with Crippen LogP contribution in [0.2, 0.25) is 0 Å². The van der Waals surface area contributed by atoms with Crippen molar-refractivity contribution in [1.29, 1.82) is 0 Å². The summed E-state index contributed by atoms with van der Waals surface area (Å²) in [6.07, 6.45) is 1.53. The van der Waals surface area contributed by atoms with Crippen LogP contribution in [0.5, 0.6) is 0 Å². The average molecular weight is 312 g/mol. The van der Waals surface area contributed by atoms with Gasteiger partial charge < -0.3 is 5.11 Å². The van der Waals surface area contributed by atoms with Crippen molar-refractivity contribution in [3.05, 3.63) is 59.3 Å². The smallest absolute Gasteiger partial charge is 0.356 e. The van der Waals surface area contributed by atoms with Crippen LogP contribution in [0.4, 0.5) is 4.39 Å². The summed E-state index contributed by atoms with van der Waals surface area (Å²) < 4.78 is 14.5. The Balaban J connectivity index is 2.13. The molecule has 1 N–H and O–H groups in total. The number of hydrogen-bond acceptors (Lipinski definition) is 4. The summed E-state index contributed by atoms with van der Waals surface area (Å²) in [5, 5.41) is 13.0. The summed E-state index contributed by atoms with van der Waals surface area (Å²) in [7, 11) is 0. The predicted molar refractivity (Wildman–Crippen MR) is 81.0 cm³/mol. The Morgan fingerprint density at radius 3 is 2.43 bits per heavy atom. The lowest BCUT2D eigenvalue weighted by molar-refractivity contribution is 0.0690. The number of benzene rings is 1. The largest absolute Gasteiger partial charge is 0.476 e. The van der Waals surface area contributed by atoms with Crippen molar-refractivity contribution in [2.24, 2.45) is 0 Å². The summed E-state index contributed by atoms with van der Waals surface area (Å²) >= 11 is 0. The zero-order valence-electron chi connectivity index (χ0n) is 12.5. The van der Waals surface area contributed by atoms with E-state index in [1.54, 1.807) is 12.1 Å². The van der Waals surface area contributed by atoms with E-state index >= 15 is 0 Å². The Bertz CT molecular complexity index is 888. The molecule has 6 nitrogen and oxygen atoms in total. The van der Waals surface area contributed by atoms with Crippen LogP contribution in [0.15, 0.2) is 36.5 Å². The van der Waals surface area contributed by atoms with Crippen molar-refractivity contribution >= 4 is 5.97 Å². The molecule has 2 heterocycles. The van der Waals surface area contributed by atoms with Gasteiger partial charge in [-0.15, -0.1) is 0 Å². The van der Waals surface area contributed by atoms with Gasteiger partial charge in [-0.25, -0.2) is 23.8 Å². The van der Waals surface area contributed by atoms with E-state index in [1.165, 1.54) is 29.1 Å². The molecule has 3 rings (SSSR count). The first-order chi connectivity index (χ1) is 11.0. The van der Waals surface area contributed by atoms with E-state index in [4.69, 9.17) is 5.11 Å². The highest BCUT2D eigenvalue weighted by Gasteiger charge is 2.14. The van der Waals surface area contributed by atoms with E-state index in [-0.39, 0.29) is 11.5 Å². The van der Waals surface area contributed by atoms with Crippen molar-refractivity contribution in [3.8, 4) is 17.2 Å². The summed E-state index contributed by atoms with van der Waals surface area (Å²) in [5.41, 5.74) is 2.13. The van der Waals surface area contributed by atoms with Gasteiger partial charge >= 0.3 is 5.97 Å². The molecule has 0 amide bonds. The Hall–Kier alpha value is -3.09. The van der Waals surface area contributed by atoms with Crippen molar-refractivity contribution in [2.75, 3.05) is 0 Å². The van der Waals surface area contributed by atoms with Gasteiger partial charge in [0.1, 0.15) is 5.82 Å². The molecular formula is C16H13FN4O2. The van der Waals surface area contributed by atoms with Gasteiger partial charge in [-0.05, 0) is 44.2 Å². The number of aromatic nitrogens is 4. The molecule has 2 aromatic heterocycles. The van der Waals surface area contributed by atoms with Gasteiger partial charge in [0.25, 0.3) is 0 Å². The molecule has 0 aliphatic carbocycles. The fraction of sp³-hybridized carbons (Fsp3) is 0.125. The molecule has 3 aromatic rings. The fourth-order valence-electron chi connectivity index (χ4n) is 2.12. The summed E-state index contributed by atoms with van der Waals surface area (Å²) in [6, 6.07) is 7.26. The first-order valence-corrected chi connectivity index (χ1v) is 6.86. The maximum absolute atomic E-state index is 13.1. The number of carbonyl (C=O) groups is 1. The third kappa shape index (κ3) is 2.80. The number of nitrogens with zero attached hydrogens (tertiary/aromatic N) is 4. The molecule has 116 valence electrons. The molecule has 0 unspecified atom stereocenters. The summed E-state index contributed by atoms with van der Waals surface area (Å²) in [6.45, 7) is 3.66. The van der Waals surface area contributed by atoms with Crippen LogP contribution in [-0.4, -0.2) is 30.8 Å². The van der Waals surface area contributed by atoms with E-state index in [9.17, 15) is 9.18 Å². The van der Waals surface area contributed by atoms with E-state index in [0.29, 0.717) is 17.2 Å². The third-order valence-electron chi connectivity index (χ3n) is 3.49. The summed E-state index contributed by atoms with van der Waals surface area (Å²) in [4.78, 5) is 19.8. The molecule has 7 heteroatoms. The number of carboxylic acid groups (broad SMARTS) is 1. The highest BCUT2D eigenvalue weighted by atomic mass is 19.1. The van der Waals surface area contributed by atoms with Gasteiger partial charge in [-0.1, -0.05) is 0 Å². The van der Waals surface area contributed by atoms with Crippen LogP contribution in [0.25, 0.3) is 17.2 Å². The average Bonchev–Trinajstić information content (AvgIpc) is 3.00. The van der Waals surface area contributed by atoms with Gasteiger partial charge in [0.05, 0.1) is 0 Å². The second-order valence-electron chi connectivity index (χ2n) is 5.04. The zero-order valence-corrected chi connectivity index (χ0v) is 12.5. The minimum absolute atomic E-state index is 0.0657. The fourth-order valence-corrected chi connectivity index (χ4v) is 2.12. The summed E-state index contributed by atoms with van der Waals surface area (Å²) in [5.74, 6) is -0.526. The molecular weight excluding hydrogens is 299 g/mol. The maximum atomic E-state index is 13.1. The van der Waals surface area contributed by atoms with Crippen LogP contribution in [0, 0.1) is 19.7 Å². The first kappa shape index (κ1) is 14.8. The van der Waals surface area contributed by atoms with Gasteiger partial charge in [0.2, 0.25) is 0 Å². The lowest BCUT2D eigenvalue weighted by Gasteiger charge is -2.10. The molecule has 0 fully saturated rings. The van der Waals surface area contributed by atoms with Crippen molar-refractivity contribution in [1.82, 2.24) is 19.7 Å². The number of aryl methyl sites for hydroxylation is 1. The topological polar surface area (TPSA) is 80.9 Å². The van der Waals surface area contributed by atoms with Gasteiger partial charge in [-0.3, -0.25) is 0 Å². The Morgan fingerprint density at radius 1 is 1.13 bits per heavy atom. The Kier molecular flexibility index (Phi) is 3.61. The highest BCUT2D eigenvalue weighted by Crippen LogP contribution is 2.21. The van der Waals surface area contributed by atoms with Crippen molar-refractivity contribution < 1.29 is 14.3 Å². The number of carboxylic acids is 1. The number of aromatic carboxylic acids is 1. The highest BCUT2D eigenvalue weighted by molar-refractivity contribution is 5.85. The molecule has 0 radical (unpaired) electrons. The molecule has 0 aliphatic heterocycles. The third-order valence-corrected chi connectivity index (χ3v) is 3.49. The minimum atomic E-state index is -1.11. The maximum Gasteiger partial charge on any atom is 0.356 e. The Labute approximate surface area is 131 Å². The normalized spacial score (nSPS) is 10.7. The predicted octanol–water partition coefficient (Wildman–Crippen LogP) is 2.78. The number of hydrogen-bond donors (Lipinski definition) is 1. The van der Waals surface area contributed by atoms with Gasteiger partial charge in [0.15, 0.2) is 17.3 Å². The van der Waals surface area contributed by atoms with Crippen molar-refractivity contribution in [3.63, 3.8) is 0 Å². The second-order valence-corrected chi connectivity index (χ2v) is 5.04. The van der Waals surface area contributed by atoms with Crippen LogP contribution >= 0.6 is 0 Å². The SMILES string of the molecule is Cc1nc(-c2ccc(F)cc2)nc(-n2ccc(C(=O)O)n2)c1C. The van der Waals surface area contributed by atoms with Crippen molar-refractivity contribution in [2.45, 2.75) is 13.8 Å². The van der Waals surface area contributed by atoms with Gasteiger partial charge in [0, 0.05) is 23.0 Å². The Morgan fingerprint density at radius 2 is 1.83 bits per heavy atom. The monoisotopic (exact) mass is 312 g/mol. The molecule has 0 atom stereocenters. The van der Waals surface area contributed by atoms with E-state index < -0.39 is 5.97 Å². The molecule has 0 aliphatic rings. The van der Waals surface area contributed by atoms with E-state index in [0.717, 1.165) is 11.3 Å². The molecule has 1 aromatic carbocycles. The lowest BCUT2D eigenvalue weighted by atomic mass is 10.2. The van der Waals surface area contributed by atoms with Crippen LogP contribution in [-0.2, 0) is 0 Å². The second kappa shape index (κ2) is 5.60. The molecule has 0 saturated heterocycles.